The van der Waals surface area contributed by atoms with E-state index in [9.17, 15) is 0 Å². The van der Waals surface area contributed by atoms with E-state index in [0.717, 1.165) is 17.0 Å². The second-order valence-corrected chi connectivity index (χ2v) is 4.09. The van der Waals surface area contributed by atoms with Crippen molar-refractivity contribution >= 4 is 5.82 Å². The Morgan fingerprint density at radius 1 is 1.28 bits per heavy atom. The fourth-order valence-electron chi connectivity index (χ4n) is 1.71. The van der Waals surface area contributed by atoms with Crippen molar-refractivity contribution < 1.29 is 0 Å². The molecule has 0 aliphatic carbocycles. The number of nitriles is 1. The minimum absolute atomic E-state index is 0.562. The fourth-order valence-corrected chi connectivity index (χ4v) is 1.71. The van der Waals surface area contributed by atoms with Crippen LogP contribution >= 0.6 is 0 Å². The lowest BCUT2D eigenvalue weighted by molar-refractivity contribution is 1.00. The molecule has 0 atom stereocenters. The number of pyridine rings is 2. The Balaban J connectivity index is 2.16. The van der Waals surface area contributed by atoms with Crippen LogP contribution < -0.4 is 5.32 Å². The van der Waals surface area contributed by atoms with Crippen LogP contribution in [0.25, 0.3) is 0 Å². The number of rotatable bonds is 3. The highest BCUT2D eigenvalue weighted by Crippen LogP contribution is 2.15. The third kappa shape index (κ3) is 2.64. The first-order valence-electron chi connectivity index (χ1n) is 5.73. The summed E-state index contributed by atoms with van der Waals surface area (Å²) in [5, 5.41) is 12.2. The normalized spacial score (nSPS) is 9.83. The van der Waals surface area contributed by atoms with Crippen LogP contribution in [0.1, 0.15) is 22.5 Å². The third-order valence-corrected chi connectivity index (χ3v) is 2.65. The van der Waals surface area contributed by atoms with Crippen molar-refractivity contribution in [3.05, 3.63) is 53.0 Å². The molecule has 0 saturated heterocycles. The van der Waals surface area contributed by atoms with Gasteiger partial charge >= 0.3 is 0 Å². The summed E-state index contributed by atoms with van der Waals surface area (Å²) in [6, 6.07) is 9.86. The number of hydrogen-bond acceptors (Lipinski definition) is 4. The van der Waals surface area contributed by atoms with Crippen molar-refractivity contribution in [2.24, 2.45) is 0 Å². The smallest absolute Gasteiger partial charge is 0.144 e. The van der Waals surface area contributed by atoms with Crippen LogP contribution in [0.2, 0.25) is 0 Å². The highest BCUT2D eigenvalue weighted by molar-refractivity contribution is 5.55. The first kappa shape index (κ1) is 12.1. The summed E-state index contributed by atoms with van der Waals surface area (Å²) in [5.41, 5.74) is 3.42. The van der Waals surface area contributed by atoms with Gasteiger partial charge < -0.3 is 5.32 Å². The summed E-state index contributed by atoms with van der Waals surface area (Å²) in [7, 11) is 0. The molecular weight excluding hydrogens is 224 g/mol. The zero-order valence-corrected chi connectivity index (χ0v) is 10.4. The molecule has 0 saturated carbocycles. The van der Waals surface area contributed by atoms with Gasteiger partial charge in [0.2, 0.25) is 0 Å². The van der Waals surface area contributed by atoms with Gasteiger partial charge in [0.05, 0.1) is 17.8 Å². The molecule has 1 N–H and O–H groups in total. The van der Waals surface area contributed by atoms with Crippen LogP contribution in [0.3, 0.4) is 0 Å². The van der Waals surface area contributed by atoms with E-state index in [1.165, 1.54) is 0 Å². The van der Waals surface area contributed by atoms with E-state index in [2.05, 4.69) is 21.4 Å². The molecule has 2 aromatic heterocycles. The monoisotopic (exact) mass is 238 g/mol. The van der Waals surface area contributed by atoms with Gasteiger partial charge in [-0.3, -0.25) is 4.98 Å². The summed E-state index contributed by atoms with van der Waals surface area (Å²) in [5.74, 6) is 0.612. The van der Waals surface area contributed by atoms with E-state index in [1.54, 1.807) is 6.20 Å². The second-order valence-electron chi connectivity index (χ2n) is 4.09. The van der Waals surface area contributed by atoms with Gasteiger partial charge in [0.25, 0.3) is 0 Å². The minimum Gasteiger partial charge on any atom is -0.363 e. The topological polar surface area (TPSA) is 61.6 Å². The van der Waals surface area contributed by atoms with Gasteiger partial charge in [-0.2, -0.15) is 5.26 Å². The lowest BCUT2D eigenvalue weighted by atomic mass is 10.1. The van der Waals surface area contributed by atoms with Crippen molar-refractivity contribution in [3.8, 4) is 6.07 Å². The Bertz CT molecular complexity index is 599. The molecule has 0 radical (unpaired) electrons. The van der Waals surface area contributed by atoms with E-state index >= 15 is 0 Å². The second kappa shape index (κ2) is 5.28. The van der Waals surface area contributed by atoms with Gasteiger partial charge in [-0.05, 0) is 37.6 Å². The first-order valence-corrected chi connectivity index (χ1v) is 5.73. The molecule has 2 aromatic rings. The molecule has 0 aliphatic heterocycles. The molecule has 0 aromatic carbocycles. The lowest BCUT2D eigenvalue weighted by Crippen LogP contribution is -2.06. The fraction of sp³-hybridized carbons (Fsp3) is 0.214. The lowest BCUT2D eigenvalue weighted by Gasteiger charge is -2.08. The predicted molar refractivity (Wildman–Crippen MR) is 70.0 cm³/mol. The summed E-state index contributed by atoms with van der Waals surface area (Å²) in [4.78, 5) is 8.58. The van der Waals surface area contributed by atoms with Crippen molar-refractivity contribution in [3.63, 3.8) is 0 Å². The minimum atomic E-state index is 0.562. The molecule has 0 bridgehead atoms. The van der Waals surface area contributed by atoms with Crippen LogP contribution in [0.5, 0.6) is 0 Å². The maximum Gasteiger partial charge on any atom is 0.144 e. The number of anilines is 1. The van der Waals surface area contributed by atoms with Crippen LogP contribution in [0, 0.1) is 25.2 Å². The van der Waals surface area contributed by atoms with E-state index < -0.39 is 0 Å². The maximum absolute atomic E-state index is 9.09. The quantitative estimate of drug-likeness (QED) is 0.892. The zero-order chi connectivity index (χ0) is 13.0. The van der Waals surface area contributed by atoms with E-state index in [-0.39, 0.29) is 0 Å². The summed E-state index contributed by atoms with van der Waals surface area (Å²) < 4.78 is 0. The Morgan fingerprint density at radius 2 is 2.11 bits per heavy atom. The average Bonchev–Trinajstić information content (AvgIpc) is 2.36. The molecule has 0 fully saturated rings. The van der Waals surface area contributed by atoms with Gasteiger partial charge in [0.1, 0.15) is 11.9 Å². The molecular formula is C14H14N4. The van der Waals surface area contributed by atoms with Crippen LogP contribution in [-0.2, 0) is 6.54 Å². The van der Waals surface area contributed by atoms with Crippen LogP contribution in [-0.4, -0.2) is 9.97 Å². The van der Waals surface area contributed by atoms with Crippen molar-refractivity contribution in [1.29, 1.82) is 5.26 Å². The van der Waals surface area contributed by atoms with Crippen molar-refractivity contribution in [1.82, 2.24) is 9.97 Å². The van der Waals surface area contributed by atoms with Crippen molar-refractivity contribution in [2.75, 3.05) is 5.32 Å². The summed E-state index contributed by atoms with van der Waals surface area (Å²) >= 11 is 0. The van der Waals surface area contributed by atoms with Crippen molar-refractivity contribution in [2.45, 2.75) is 20.4 Å². The SMILES string of the molecule is Cc1cccc(CNc2nccc(C)c2C#N)n1. The van der Waals surface area contributed by atoms with E-state index in [1.807, 2.05) is 38.1 Å². The molecule has 0 spiro atoms. The zero-order valence-electron chi connectivity index (χ0n) is 10.4. The van der Waals surface area contributed by atoms with E-state index in [0.29, 0.717) is 17.9 Å². The standard InChI is InChI=1S/C14H14N4/c1-10-6-7-16-14(13(10)8-15)17-9-12-5-3-4-11(2)18-12/h3-7H,9H2,1-2H3,(H,16,17). The van der Waals surface area contributed by atoms with Gasteiger partial charge in [0, 0.05) is 11.9 Å². The molecule has 4 nitrogen and oxygen atoms in total. The molecule has 90 valence electrons. The summed E-state index contributed by atoms with van der Waals surface area (Å²) in [6.07, 6.45) is 1.70. The molecule has 0 amide bonds. The number of aryl methyl sites for hydroxylation is 2. The van der Waals surface area contributed by atoms with Gasteiger partial charge in [0.15, 0.2) is 0 Å². The Labute approximate surface area is 106 Å². The average molecular weight is 238 g/mol. The molecule has 2 heterocycles. The van der Waals surface area contributed by atoms with Gasteiger partial charge in [-0.15, -0.1) is 0 Å². The first-order chi connectivity index (χ1) is 8.70. The number of aromatic nitrogens is 2. The highest BCUT2D eigenvalue weighted by atomic mass is 15.0. The molecule has 0 aliphatic rings. The number of nitrogens with zero attached hydrogens (tertiary/aromatic N) is 3. The Kier molecular flexibility index (Phi) is 3.54. The molecule has 4 heteroatoms. The number of nitrogens with one attached hydrogen (secondary N) is 1. The number of hydrogen-bond donors (Lipinski definition) is 1. The van der Waals surface area contributed by atoms with Crippen LogP contribution in [0.15, 0.2) is 30.5 Å². The molecule has 0 unspecified atom stereocenters. The van der Waals surface area contributed by atoms with E-state index in [4.69, 9.17) is 5.26 Å². The Hall–Kier alpha value is -2.41. The van der Waals surface area contributed by atoms with Gasteiger partial charge in [-0.1, -0.05) is 6.07 Å². The Morgan fingerprint density at radius 3 is 2.83 bits per heavy atom. The third-order valence-electron chi connectivity index (χ3n) is 2.65. The molecule has 2 rings (SSSR count). The van der Waals surface area contributed by atoms with Crippen LogP contribution in [0.4, 0.5) is 5.82 Å². The maximum atomic E-state index is 9.09. The largest absolute Gasteiger partial charge is 0.363 e. The van der Waals surface area contributed by atoms with Gasteiger partial charge in [-0.25, -0.2) is 4.98 Å². The molecule has 18 heavy (non-hydrogen) atoms. The highest BCUT2D eigenvalue weighted by Gasteiger charge is 2.06. The summed E-state index contributed by atoms with van der Waals surface area (Å²) in [6.45, 7) is 4.41. The predicted octanol–water partition coefficient (Wildman–Crippen LogP) is 2.58.